The Hall–Kier alpha value is -5.29. The van der Waals surface area contributed by atoms with Crippen molar-refractivity contribution in [2.45, 2.75) is 30.9 Å². The number of hydrogen-bond donors (Lipinski definition) is 1. The SMILES string of the molecule is OC(Cn1cnnn1)(c1ccc(F)cc1F)C(F)(F)c1ccc(C#Cc2ccc(COc3ccc(C(F)(F)F)cc3)cc2)cn1. The molecule has 0 aliphatic rings. The van der Waals surface area contributed by atoms with E-state index in [1.807, 2.05) is 0 Å². The van der Waals surface area contributed by atoms with Crippen LogP contribution >= 0.6 is 0 Å². The van der Waals surface area contributed by atoms with E-state index in [-0.39, 0.29) is 17.9 Å². The number of aliphatic hydroxyl groups is 1. The fraction of sp³-hybridized carbons (Fsp3) is 0.161. The van der Waals surface area contributed by atoms with Crippen molar-refractivity contribution in [1.29, 1.82) is 0 Å². The highest BCUT2D eigenvalue weighted by Gasteiger charge is 2.58. The van der Waals surface area contributed by atoms with E-state index in [2.05, 4.69) is 32.4 Å². The average molecular weight is 628 g/mol. The van der Waals surface area contributed by atoms with Crippen LogP contribution in [-0.4, -0.2) is 30.3 Å². The van der Waals surface area contributed by atoms with Crippen molar-refractivity contribution in [3.8, 4) is 17.6 Å². The van der Waals surface area contributed by atoms with Crippen molar-refractivity contribution in [3.63, 3.8) is 0 Å². The number of hydrogen-bond acceptors (Lipinski definition) is 6. The topological polar surface area (TPSA) is 86.0 Å². The first kappa shape index (κ1) is 31.1. The highest BCUT2D eigenvalue weighted by molar-refractivity contribution is 5.43. The van der Waals surface area contributed by atoms with E-state index >= 15 is 8.78 Å². The number of tetrazole rings is 1. The number of ether oxygens (including phenoxy) is 1. The summed E-state index contributed by atoms with van der Waals surface area (Å²) in [6, 6.07) is 15.1. The lowest BCUT2D eigenvalue weighted by Gasteiger charge is -2.35. The number of alkyl halides is 5. The summed E-state index contributed by atoms with van der Waals surface area (Å²) in [5.41, 5.74) is -4.31. The Morgan fingerprint density at radius 3 is 2.11 bits per heavy atom. The lowest BCUT2D eigenvalue weighted by atomic mass is 9.84. The molecule has 0 fully saturated rings. The maximum Gasteiger partial charge on any atom is 0.416 e. The Morgan fingerprint density at radius 2 is 1.51 bits per heavy atom. The molecule has 0 saturated heterocycles. The van der Waals surface area contributed by atoms with Gasteiger partial charge in [-0.25, -0.2) is 13.5 Å². The molecule has 0 aliphatic carbocycles. The van der Waals surface area contributed by atoms with E-state index in [9.17, 15) is 27.1 Å². The third-order valence-electron chi connectivity index (χ3n) is 6.66. The van der Waals surface area contributed by atoms with Gasteiger partial charge in [0.1, 0.15) is 36.0 Å². The van der Waals surface area contributed by atoms with Crippen LogP contribution in [0.5, 0.6) is 5.75 Å². The monoisotopic (exact) mass is 627 g/mol. The third kappa shape index (κ3) is 6.94. The molecule has 0 amide bonds. The zero-order chi connectivity index (χ0) is 32.2. The Balaban J connectivity index is 1.29. The molecule has 14 heteroatoms. The van der Waals surface area contributed by atoms with Crippen molar-refractivity contribution in [1.82, 2.24) is 25.2 Å². The molecule has 1 N–H and O–H groups in total. The fourth-order valence-electron chi connectivity index (χ4n) is 4.27. The van der Waals surface area contributed by atoms with Crippen LogP contribution in [0.15, 0.2) is 91.4 Å². The van der Waals surface area contributed by atoms with E-state index in [0.717, 1.165) is 53.1 Å². The van der Waals surface area contributed by atoms with Crippen LogP contribution in [0, 0.1) is 23.5 Å². The molecule has 2 aromatic heterocycles. The lowest BCUT2D eigenvalue weighted by Crippen LogP contribution is -2.48. The number of rotatable bonds is 8. The molecule has 0 saturated carbocycles. The highest BCUT2D eigenvalue weighted by Crippen LogP contribution is 2.46. The lowest BCUT2D eigenvalue weighted by molar-refractivity contribution is -0.207. The van der Waals surface area contributed by atoms with Crippen molar-refractivity contribution in [3.05, 3.63) is 137 Å². The average Bonchev–Trinajstić information content (AvgIpc) is 3.52. The minimum absolute atomic E-state index is 0.0975. The highest BCUT2D eigenvalue weighted by atomic mass is 19.4. The molecule has 0 bridgehead atoms. The largest absolute Gasteiger partial charge is 0.489 e. The Kier molecular flexibility index (Phi) is 8.56. The van der Waals surface area contributed by atoms with Crippen molar-refractivity contribution in [2.75, 3.05) is 0 Å². The van der Waals surface area contributed by atoms with Crippen molar-refractivity contribution in [2.24, 2.45) is 0 Å². The second-order valence-electron chi connectivity index (χ2n) is 9.76. The summed E-state index contributed by atoms with van der Waals surface area (Å²) < 4.78 is 104. The van der Waals surface area contributed by atoms with Gasteiger partial charge in [-0.2, -0.15) is 22.0 Å². The second kappa shape index (κ2) is 12.4. The van der Waals surface area contributed by atoms with Crippen LogP contribution in [0.2, 0.25) is 0 Å². The molecule has 5 rings (SSSR count). The number of nitrogens with zero attached hydrogens (tertiary/aromatic N) is 5. The molecular formula is C31H20F7N5O2. The van der Waals surface area contributed by atoms with Gasteiger partial charge in [-0.15, -0.1) is 5.10 Å². The summed E-state index contributed by atoms with van der Waals surface area (Å²) in [5.74, 6) is -0.723. The van der Waals surface area contributed by atoms with Crippen LogP contribution in [0.3, 0.4) is 0 Å². The van der Waals surface area contributed by atoms with Gasteiger partial charge < -0.3 is 9.84 Å². The van der Waals surface area contributed by atoms with Crippen molar-refractivity contribution < 1.29 is 40.6 Å². The number of halogens is 7. The summed E-state index contributed by atoms with van der Waals surface area (Å²) in [4.78, 5) is 3.77. The first-order chi connectivity index (χ1) is 21.3. The maximum absolute atomic E-state index is 15.9. The zero-order valence-corrected chi connectivity index (χ0v) is 22.8. The van der Waals surface area contributed by atoms with Crippen LogP contribution in [0.25, 0.3) is 0 Å². The Labute approximate surface area is 250 Å². The van der Waals surface area contributed by atoms with Gasteiger partial charge >= 0.3 is 12.1 Å². The van der Waals surface area contributed by atoms with Crippen LogP contribution in [-0.2, 0) is 30.9 Å². The van der Waals surface area contributed by atoms with Crippen LogP contribution in [0.4, 0.5) is 30.7 Å². The Bertz CT molecular complexity index is 1820. The van der Waals surface area contributed by atoms with Gasteiger partial charge in [-0.05, 0) is 76.7 Å². The predicted octanol–water partition coefficient (Wildman–Crippen LogP) is 6.02. The standard InChI is InChI=1S/C31H20F7N5O2/c32-24-10-13-26(27(33)15-24)29(44,18-43-19-40-41-42-43)30(34,35)28-14-7-21(16-39-28)4-1-20-2-5-22(6-3-20)17-45-25-11-8-23(9-12-25)31(36,37)38/h2-3,5-16,19,44H,17-18H2. The van der Waals surface area contributed by atoms with Gasteiger partial charge in [-0.1, -0.05) is 24.0 Å². The summed E-state index contributed by atoms with van der Waals surface area (Å²) in [7, 11) is 0. The fourth-order valence-corrected chi connectivity index (χ4v) is 4.27. The van der Waals surface area contributed by atoms with E-state index in [1.54, 1.807) is 24.3 Å². The van der Waals surface area contributed by atoms with E-state index < -0.39 is 52.7 Å². The van der Waals surface area contributed by atoms with Crippen LogP contribution < -0.4 is 4.74 Å². The summed E-state index contributed by atoms with van der Waals surface area (Å²) in [6.45, 7) is -0.885. The first-order valence-corrected chi connectivity index (χ1v) is 13.0. The second-order valence-corrected chi connectivity index (χ2v) is 9.76. The van der Waals surface area contributed by atoms with Gasteiger partial charge in [0.15, 0.2) is 5.60 Å². The minimum Gasteiger partial charge on any atom is -0.489 e. The smallest absolute Gasteiger partial charge is 0.416 e. The molecule has 0 aliphatic heterocycles. The Morgan fingerprint density at radius 1 is 0.822 bits per heavy atom. The van der Waals surface area contributed by atoms with E-state index in [0.29, 0.717) is 11.6 Å². The van der Waals surface area contributed by atoms with E-state index in [1.165, 1.54) is 18.2 Å². The minimum atomic E-state index is -4.44. The van der Waals surface area contributed by atoms with Gasteiger partial charge in [0, 0.05) is 29.0 Å². The molecule has 1 atom stereocenters. The molecule has 3 aromatic carbocycles. The molecule has 2 heterocycles. The number of benzene rings is 3. The van der Waals surface area contributed by atoms with Gasteiger partial charge in [-0.3, -0.25) is 4.98 Å². The molecule has 45 heavy (non-hydrogen) atoms. The summed E-state index contributed by atoms with van der Waals surface area (Å²) in [5, 5.41) is 21.4. The third-order valence-corrected chi connectivity index (χ3v) is 6.66. The first-order valence-electron chi connectivity index (χ1n) is 13.0. The molecule has 0 radical (unpaired) electrons. The van der Waals surface area contributed by atoms with Gasteiger partial charge in [0.25, 0.3) is 0 Å². The van der Waals surface area contributed by atoms with E-state index in [4.69, 9.17) is 4.74 Å². The molecular weight excluding hydrogens is 607 g/mol. The summed E-state index contributed by atoms with van der Waals surface area (Å²) >= 11 is 0. The molecule has 0 spiro atoms. The predicted molar refractivity (Wildman–Crippen MR) is 144 cm³/mol. The number of aromatic nitrogens is 5. The summed E-state index contributed by atoms with van der Waals surface area (Å²) in [6.07, 6.45) is -2.43. The molecule has 230 valence electrons. The number of pyridine rings is 1. The molecule has 7 nitrogen and oxygen atoms in total. The van der Waals surface area contributed by atoms with Gasteiger partial charge in [0.05, 0.1) is 12.1 Å². The molecule has 5 aromatic rings. The zero-order valence-electron chi connectivity index (χ0n) is 22.8. The quantitative estimate of drug-likeness (QED) is 0.167. The molecule has 1 unspecified atom stereocenters. The van der Waals surface area contributed by atoms with Crippen molar-refractivity contribution >= 4 is 0 Å². The maximum atomic E-state index is 15.9. The van der Waals surface area contributed by atoms with Crippen LogP contribution in [0.1, 0.15) is 33.5 Å². The normalized spacial score (nSPS) is 13.1. The van der Waals surface area contributed by atoms with Gasteiger partial charge in [0.2, 0.25) is 0 Å².